The monoisotopic (exact) mass is 264 g/mol. The standard InChI is InChI=1S/C14H20N2O3/c1-11(17)4-3-5-13(18)15-9-8-12-6-7-14(19-2)16-10-12/h6-7,10H,3-5,8-9H2,1-2H3,(H,15,18). The van der Waals surface area contributed by atoms with Gasteiger partial charge in [0.1, 0.15) is 5.78 Å². The van der Waals surface area contributed by atoms with Crippen LogP contribution in [0.25, 0.3) is 0 Å². The smallest absolute Gasteiger partial charge is 0.220 e. The minimum atomic E-state index is -0.0114. The van der Waals surface area contributed by atoms with Crippen LogP contribution in [-0.2, 0) is 16.0 Å². The molecule has 0 aliphatic rings. The van der Waals surface area contributed by atoms with Crippen molar-refractivity contribution in [1.29, 1.82) is 0 Å². The normalized spacial score (nSPS) is 10.0. The van der Waals surface area contributed by atoms with Crippen molar-refractivity contribution in [3.05, 3.63) is 23.9 Å². The van der Waals surface area contributed by atoms with Crippen molar-refractivity contribution in [3.63, 3.8) is 0 Å². The van der Waals surface area contributed by atoms with Crippen LogP contribution in [0.2, 0.25) is 0 Å². The van der Waals surface area contributed by atoms with E-state index in [-0.39, 0.29) is 11.7 Å². The molecule has 0 saturated carbocycles. The number of rotatable bonds is 8. The molecule has 1 aromatic heterocycles. The fourth-order valence-electron chi connectivity index (χ4n) is 1.61. The first-order valence-corrected chi connectivity index (χ1v) is 6.37. The van der Waals surface area contributed by atoms with Gasteiger partial charge in [-0.05, 0) is 25.3 Å². The summed E-state index contributed by atoms with van der Waals surface area (Å²) >= 11 is 0. The van der Waals surface area contributed by atoms with Gasteiger partial charge >= 0.3 is 0 Å². The van der Waals surface area contributed by atoms with E-state index in [0.29, 0.717) is 31.7 Å². The number of ketones is 1. The van der Waals surface area contributed by atoms with Crippen LogP contribution >= 0.6 is 0 Å². The molecule has 0 aromatic carbocycles. The first-order valence-electron chi connectivity index (χ1n) is 6.37. The lowest BCUT2D eigenvalue weighted by Gasteiger charge is -2.05. The molecule has 0 saturated heterocycles. The summed E-state index contributed by atoms with van der Waals surface area (Å²) in [5.41, 5.74) is 1.05. The third kappa shape index (κ3) is 6.55. The Labute approximate surface area is 113 Å². The molecule has 0 spiro atoms. The van der Waals surface area contributed by atoms with Gasteiger partial charge in [0.25, 0.3) is 0 Å². The molecule has 5 heteroatoms. The van der Waals surface area contributed by atoms with Gasteiger partial charge in [-0.2, -0.15) is 0 Å². The fraction of sp³-hybridized carbons (Fsp3) is 0.500. The summed E-state index contributed by atoms with van der Waals surface area (Å²) in [6.07, 6.45) is 3.96. The SMILES string of the molecule is COc1ccc(CCNC(=O)CCCC(C)=O)cn1. The van der Waals surface area contributed by atoms with Crippen LogP contribution in [0.1, 0.15) is 31.7 Å². The highest BCUT2D eigenvalue weighted by molar-refractivity contribution is 5.78. The molecule has 19 heavy (non-hydrogen) atoms. The lowest BCUT2D eigenvalue weighted by molar-refractivity contribution is -0.121. The molecule has 1 rings (SSSR count). The van der Waals surface area contributed by atoms with Crippen molar-refractivity contribution < 1.29 is 14.3 Å². The lowest BCUT2D eigenvalue weighted by Crippen LogP contribution is -2.25. The van der Waals surface area contributed by atoms with E-state index in [4.69, 9.17) is 4.74 Å². The maximum Gasteiger partial charge on any atom is 0.220 e. The highest BCUT2D eigenvalue weighted by Gasteiger charge is 2.02. The Kier molecular flexibility index (Phi) is 6.57. The molecule has 0 unspecified atom stereocenters. The van der Waals surface area contributed by atoms with Gasteiger partial charge < -0.3 is 14.8 Å². The summed E-state index contributed by atoms with van der Waals surface area (Å²) in [7, 11) is 1.57. The van der Waals surface area contributed by atoms with E-state index in [1.807, 2.05) is 6.07 Å². The summed E-state index contributed by atoms with van der Waals surface area (Å²) in [5.74, 6) is 0.692. The predicted octanol–water partition coefficient (Wildman–Crippen LogP) is 1.51. The zero-order chi connectivity index (χ0) is 14.1. The van der Waals surface area contributed by atoms with Gasteiger partial charge in [0.05, 0.1) is 7.11 Å². The van der Waals surface area contributed by atoms with Crippen molar-refractivity contribution in [2.45, 2.75) is 32.6 Å². The van der Waals surface area contributed by atoms with E-state index in [1.165, 1.54) is 6.92 Å². The third-order valence-electron chi connectivity index (χ3n) is 2.68. The van der Waals surface area contributed by atoms with E-state index in [0.717, 1.165) is 12.0 Å². The highest BCUT2D eigenvalue weighted by atomic mass is 16.5. The van der Waals surface area contributed by atoms with Crippen molar-refractivity contribution >= 4 is 11.7 Å². The Balaban J connectivity index is 2.18. The molecular formula is C14H20N2O3. The summed E-state index contributed by atoms with van der Waals surface area (Å²) in [5, 5.41) is 2.82. The Morgan fingerprint density at radius 2 is 2.11 bits per heavy atom. The van der Waals surface area contributed by atoms with Crippen LogP contribution in [-0.4, -0.2) is 30.3 Å². The number of methoxy groups -OCH3 is 1. The topological polar surface area (TPSA) is 68.3 Å². The Bertz CT molecular complexity index is 415. The van der Waals surface area contributed by atoms with Crippen molar-refractivity contribution in [3.8, 4) is 5.88 Å². The first kappa shape index (κ1) is 15.1. The van der Waals surface area contributed by atoms with Gasteiger partial charge in [-0.3, -0.25) is 4.79 Å². The van der Waals surface area contributed by atoms with Crippen LogP contribution in [0, 0.1) is 0 Å². The second-order valence-corrected chi connectivity index (χ2v) is 4.36. The maximum atomic E-state index is 11.5. The minimum Gasteiger partial charge on any atom is -0.481 e. The minimum absolute atomic E-state index is 0.0114. The number of nitrogens with one attached hydrogen (secondary N) is 1. The summed E-state index contributed by atoms with van der Waals surface area (Å²) < 4.78 is 4.97. The summed E-state index contributed by atoms with van der Waals surface area (Å²) in [6, 6.07) is 3.72. The second kappa shape index (κ2) is 8.24. The molecule has 1 N–H and O–H groups in total. The van der Waals surface area contributed by atoms with Crippen LogP contribution in [0.3, 0.4) is 0 Å². The number of carbonyl (C=O) groups is 2. The average Bonchev–Trinajstić information content (AvgIpc) is 2.39. The molecule has 1 aromatic rings. The molecule has 1 amide bonds. The van der Waals surface area contributed by atoms with Crippen LogP contribution in [0.5, 0.6) is 5.88 Å². The number of ether oxygens (including phenoxy) is 1. The van der Waals surface area contributed by atoms with E-state index in [1.54, 1.807) is 19.4 Å². The molecule has 1 heterocycles. The number of carbonyl (C=O) groups excluding carboxylic acids is 2. The molecule has 0 bridgehead atoms. The molecule has 0 radical (unpaired) electrons. The van der Waals surface area contributed by atoms with Gasteiger partial charge in [-0.25, -0.2) is 4.98 Å². The number of hydrogen-bond acceptors (Lipinski definition) is 4. The number of nitrogens with zero attached hydrogens (tertiary/aromatic N) is 1. The second-order valence-electron chi connectivity index (χ2n) is 4.36. The third-order valence-corrected chi connectivity index (χ3v) is 2.68. The molecule has 0 fully saturated rings. The Hall–Kier alpha value is -1.91. The highest BCUT2D eigenvalue weighted by Crippen LogP contribution is 2.06. The van der Waals surface area contributed by atoms with E-state index in [9.17, 15) is 9.59 Å². The predicted molar refractivity (Wildman–Crippen MR) is 72.0 cm³/mol. The fourth-order valence-corrected chi connectivity index (χ4v) is 1.61. The number of Topliss-reactive ketones (excluding diaryl/α,β-unsaturated/α-hetero) is 1. The molecule has 5 nitrogen and oxygen atoms in total. The van der Waals surface area contributed by atoms with Gasteiger partial charge in [0, 0.05) is 31.6 Å². The van der Waals surface area contributed by atoms with Crippen molar-refractivity contribution in [1.82, 2.24) is 10.3 Å². The molecular weight excluding hydrogens is 244 g/mol. The zero-order valence-electron chi connectivity index (χ0n) is 11.4. The van der Waals surface area contributed by atoms with E-state index in [2.05, 4.69) is 10.3 Å². The molecule has 0 aliphatic carbocycles. The number of aromatic nitrogens is 1. The Morgan fingerprint density at radius 3 is 2.68 bits per heavy atom. The number of pyridine rings is 1. The molecule has 0 aliphatic heterocycles. The number of amides is 1. The largest absolute Gasteiger partial charge is 0.481 e. The van der Waals surface area contributed by atoms with Gasteiger partial charge in [-0.1, -0.05) is 6.07 Å². The lowest BCUT2D eigenvalue weighted by atomic mass is 10.2. The Morgan fingerprint density at radius 1 is 1.32 bits per heavy atom. The van der Waals surface area contributed by atoms with Crippen LogP contribution < -0.4 is 10.1 Å². The quantitative estimate of drug-likeness (QED) is 0.772. The summed E-state index contributed by atoms with van der Waals surface area (Å²) in [6.45, 7) is 2.11. The number of hydrogen-bond donors (Lipinski definition) is 1. The summed E-state index contributed by atoms with van der Waals surface area (Å²) in [4.78, 5) is 26.3. The van der Waals surface area contributed by atoms with Crippen molar-refractivity contribution in [2.24, 2.45) is 0 Å². The van der Waals surface area contributed by atoms with Crippen LogP contribution in [0.15, 0.2) is 18.3 Å². The zero-order valence-corrected chi connectivity index (χ0v) is 11.4. The van der Waals surface area contributed by atoms with Gasteiger partial charge in [0.2, 0.25) is 11.8 Å². The van der Waals surface area contributed by atoms with Crippen LogP contribution in [0.4, 0.5) is 0 Å². The van der Waals surface area contributed by atoms with Gasteiger partial charge in [-0.15, -0.1) is 0 Å². The molecule has 104 valence electrons. The van der Waals surface area contributed by atoms with Crippen molar-refractivity contribution in [2.75, 3.05) is 13.7 Å². The van der Waals surface area contributed by atoms with E-state index < -0.39 is 0 Å². The van der Waals surface area contributed by atoms with Gasteiger partial charge in [0.15, 0.2) is 0 Å². The van der Waals surface area contributed by atoms with E-state index >= 15 is 0 Å². The maximum absolute atomic E-state index is 11.5. The first-order chi connectivity index (χ1) is 9.11. The average molecular weight is 264 g/mol. The molecule has 0 atom stereocenters.